The molecule has 5 rings (SSSR count). The monoisotopic (exact) mass is 339 g/mol. The van der Waals surface area contributed by atoms with Crippen LogP contribution >= 0.6 is 0 Å². The first-order valence-electron chi connectivity index (χ1n) is 9.10. The number of hydrogen-bond acceptors (Lipinski definition) is 3. The van der Waals surface area contributed by atoms with Crippen molar-refractivity contribution in [2.24, 2.45) is 11.3 Å². The number of carbonyl (C=O) groups is 2. The summed E-state index contributed by atoms with van der Waals surface area (Å²) >= 11 is 0. The van der Waals surface area contributed by atoms with Crippen LogP contribution in [0, 0.1) is 11.3 Å². The van der Waals surface area contributed by atoms with Crippen molar-refractivity contribution in [2.45, 2.75) is 38.0 Å². The number of carbonyl (C=O) groups excluding carboxylic acids is 1. The number of aliphatic carboxylic acids is 1. The van der Waals surface area contributed by atoms with E-state index >= 15 is 0 Å². The molecule has 25 heavy (non-hydrogen) atoms. The van der Waals surface area contributed by atoms with Gasteiger partial charge in [-0.2, -0.15) is 0 Å². The molecule has 2 aromatic heterocycles. The van der Waals surface area contributed by atoms with Crippen LogP contribution in [0.4, 0.5) is 0 Å². The number of likely N-dealkylation sites (tertiary alicyclic amines) is 1. The summed E-state index contributed by atoms with van der Waals surface area (Å²) in [6.07, 6.45) is 6.72. The van der Waals surface area contributed by atoms with Gasteiger partial charge in [-0.3, -0.25) is 9.59 Å². The van der Waals surface area contributed by atoms with Gasteiger partial charge in [-0.15, -0.1) is 0 Å². The first-order valence-corrected chi connectivity index (χ1v) is 9.10. The number of amides is 1. The van der Waals surface area contributed by atoms with E-state index in [1.165, 1.54) is 0 Å². The molecule has 1 amide bonds. The molecule has 2 aromatic rings. The topological polar surface area (TPSA) is 74.9 Å². The Morgan fingerprint density at radius 3 is 2.80 bits per heavy atom. The van der Waals surface area contributed by atoms with Crippen LogP contribution in [0.1, 0.15) is 54.3 Å². The number of rotatable bonds is 3. The van der Waals surface area contributed by atoms with Crippen LogP contribution in [0.5, 0.6) is 0 Å². The summed E-state index contributed by atoms with van der Waals surface area (Å²) < 4.78 is 2.02. The summed E-state index contributed by atoms with van der Waals surface area (Å²) in [5.74, 6) is 0.612. The molecule has 0 radical (unpaired) electrons. The molecule has 2 atom stereocenters. The molecule has 1 aliphatic heterocycles. The Kier molecular flexibility index (Phi) is 3.03. The molecule has 3 fully saturated rings. The highest BCUT2D eigenvalue weighted by Gasteiger charge is 2.56. The number of carboxylic acids is 1. The number of nitrogens with zero attached hydrogens (tertiary/aromatic N) is 3. The standard InChI is InChI=1S/C19H21N3O3/c23-17(21-10-13-4-3-8-19(13,11-21)18(24)25)15-14-5-1-2-9-22(14)16(20-15)12-6-7-12/h1-2,5,9,12-13H,3-4,6-8,10-11H2,(H,24,25)/t13-,19-/m0/s1. The molecule has 0 spiro atoms. The molecule has 2 saturated carbocycles. The number of carboxylic acid groups (broad SMARTS) is 1. The highest BCUT2D eigenvalue weighted by molar-refractivity contribution is 6.00. The van der Waals surface area contributed by atoms with E-state index in [1.54, 1.807) is 4.90 Å². The molecule has 3 heterocycles. The summed E-state index contributed by atoms with van der Waals surface area (Å²) in [6, 6.07) is 5.80. The maximum Gasteiger partial charge on any atom is 0.311 e. The molecule has 0 unspecified atom stereocenters. The Morgan fingerprint density at radius 2 is 2.08 bits per heavy atom. The average Bonchev–Trinajstić information content (AvgIpc) is 3.10. The lowest BCUT2D eigenvalue weighted by atomic mass is 9.81. The molecule has 6 nitrogen and oxygen atoms in total. The van der Waals surface area contributed by atoms with E-state index in [1.807, 2.05) is 28.8 Å². The fourth-order valence-electron chi connectivity index (χ4n) is 4.79. The highest BCUT2D eigenvalue weighted by Crippen LogP contribution is 2.49. The summed E-state index contributed by atoms with van der Waals surface area (Å²) in [4.78, 5) is 31.4. The summed E-state index contributed by atoms with van der Waals surface area (Å²) in [5, 5.41) is 9.74. The van der Waals surface area contributed by atoms with E-state index < -0.39 is 11.4 Å². The molecule has 2 aliphatic carbocycles. The van der Waals surface area contributed by atoms with Gasteiger partial charge in [0.2, 0.25) is 0 Å². The first kappa shape index (κ1) is 14.9. The zero-order chi connectivity index (χ0) is 17.2. The SMILES string of the molecule is O=C(c1nc(C2CC2)n2ccccc12)N1C[C@@H]2CCC[C@]2(C(=O)O)C1. The lowest BCUT2D eigenvalue weighted by Crippen LogP contribution is -2.37. The van der Waals surface area contributed by atoms with Crippen LogP contribution in [0.25, 0.3) is 5.52 Å². The molecule has 0 bridgehead atoms. The van der Waals surface area contributed by atoms with Crippen LogP contribution in [0.3, 0.4) is 0 Å². The van der Waals surface area contributed by atoms with Crippen molar-refractivity contribution < 1.29 is 14.7 Å². The van der Waals surface area contributed by atoms with Gasteiger partial charge in [-0.05, 0) is 43.7 Å². The Morgan fingerprint density at radius 1 is 1.24 bits per heavy atom. The van der Waals surface area contributed by atoms with Crippen LogP contribution < -0.4 is 0 Å². The number of aromatic nitrogens is 2. The van der Waals surface area contributed by atoms with Gasteiger partial charge in [0, 0.05) is 25.2 Å². The van der Waals surface area contributed by atoms with Crippen LogP contribution in [0.2, 0.25) is 0 Å². The minimum absolute atomic E-state index is 0.0748. The third-order valence-electron chi connectivity index (χ3n) is 6.30. The van der Waals surface area contributed by atoms with Gasteiger partial charge in [0.1, 0.15) is 5.82 Å². The third kappa shape index (κ3) is 2.06. The maximum atomic E-state index is 13.2. The zero-order valence-electron chi connectivity index (χ0n) is 14.0. The Bertz CT molecular complexity index is 885. The molecule has 1 N–H and O–H groups in total. The molecule has 3 aliphatic rings. The van der Waals surface area contributed by atoms with Crippen molar-refractivity contribution in [3.63, 3.8) is 0 Å². The molecule has 130 valence electrons. The fourth-order valence-corrected chi connectivity index (χ4v) is 4.79. The van der Waals surface area contributed by atoms with Crippen molar-refractivity contribution in [3.8, 4) is 0 Å². The van der Waals surface area contributed by atoms with Gasteiger partial charge in [0.25, 0.3) is 5.91 Å². The first-order chi connectivity index (χ1) is 12.1. The summed E-state index contributed by atoms with van der Waals surface area (Å²) in [6.45, 7) is 0.853. The van der Waals surface area contributed by atoms with Crippen LogP contribution in [-0.2, 0) is 4.79 Å². The van der Waals surface area contributed by atoms with Gasteiger partial charge in [-0.1, -0.05) is 12.5 Å². The van der Waals surface area contributed by atoms with Gasteiger partial charge >= 0.3 is 5.97 Å². The lowest BCUT2D eigenvalue weighted by molar-refractivity contribution is -0.149. The predicted molar refractivity (Wildman–Crippen MR) is 90.5 cm³/mol. The van der Waals surface area contributed by atoms with Gasteiger partial charge in [0.15, 0.2) is 5.69 Å². The van der Waals surface area contributed by atoms with Crippen molar-refractivity contribution in [1.29, 1.82) is 0 Å². The maximum absolute atomic E-state index is 13.2. The van der Waals surface area contributed by atoms with Crippen molar-refractivity contribution in [1.82, 2.24) is 14.3 Å². The fraction of sp³-hybridized carbons (Fsp3) is 0.526. The number of imidazole rings is 1. The normalized spacial score (nSPS) is 28.5. The number of fused-ring (bicyclic) bond motifs is 2. The highest BCUT2D eigenvalue weighted by atomic mass is 16.4. The van der Waals surface area contributed by atoms with E-state index in [0.717, 1.165) is 37.0 Å². The molecule has 6 heteroatoms. The molecular weight excluding hydrogens is 318 g/mol. The smallest absolute Gasteiger partial charge is 0.311 e. The van der Waals surface area contributed by atoms with E-state index in [4.69, 9.17) is 0 Å². The third-order valence-corrected chi connectivity index (χ3v) is 6.30. The molecule has 1 saturated heterocycles. The van der Waals surface area contributed by atoms with E-state index in [9.17, 15) is 14.7 Å². The zero-order valence-corrected chi connectivity index (χ0v) is 14.0. The second-order valence-corrected chi connectivity index (χ2v) is 7.78. The summed E-state index contributed by atoms with van der Waals surface area (Å²) in [7, 11) is 0. The van der Waals surface area contributed by atoms with Crippen molar-refractivity contribution in [2.75, 3.05) is 13.1 Å². The van der Waals surface area contributed by atoms with E-state index in [2.05, 4.69) is 4.98 Å². The predicted octanol–water partition coefficient (Wildman–Crippen LogP) is 2.54. The van der Waals surface area contributed by atoms with Gasteiger partial charge in [-0.25, -0.2) is 4.98 Å². The molecule has 0 aromatic carbocycles. The largest absolute Gasteiger partial charge is 0.481 e. The Labute approximate surface area is 145 Å². The Hall–Kier alpha value is -2.37. The average molecular weight is 339 g/mol. The summed E-state index contributed by atoms with van der Waals surface area (Å²) in [5.41, 5.74) is 0.559. The van der Waals surface area contributed by atoms with E-state index in [-0.39, 0.29) is 11.8 Å². The van der Waals surface area contributed by atoms with E-state index in [0.29, 0.717) is 31.1 Å². The second-order valence-electron chi connectivity index (χ2n) is 7.78. The van der Waals surface area contributed by atoms with Crippen molar-refractivity contribution in [3.05, 3.63) is 35.9 Å². The van der Waals surface area contributed by atoms with Gasteiger partial charge in [0.05, 0.1) is 10.9 Å². The lowest BCUT2D eigenvalue weighted by Gasteiger charge is -2.23. The minimum Gasteiger partial charge on any atom is -0.481 e. The molecular formula is C19H21N3O3. The number of pyridine rings is 1. The van der Waals surface area contributed by atoms with Crippen LogP contribution in [0.15, 0.2) is 24.4 Å². The van der Waals surface area contributed by atoms with Crippen LogP contribution in [-0.4, -0.2) is 44.4 Å². The second kappa shape index (κ2) is 5.07. The van der Waals surface area contributed by atoms with Gasteiger partial charge < -0.3 is 14.4 Å². The Balaban J connectivity index is 1.52. The quantitative estimate of drug-likeness (QED) is 0.932. The number of hydrogen-bond donors (Lipinski definition) is 1. The van der Waals surface area contributed by atoms with Crippen molar-refractivity contribution >= 4 is 17.4 Å². The minimum atomic E-state index is -0.751.